The van der Waals surface area contributed by atoms with Crippen molar-refractivity contribution in [1.82, 2.24) is 4.90 Å². The van der Waals surface area contributed by atoms with Crippen LogP contribution in [0.3, 0.4) is 0 Å². The third-order valence-electron chi connectivity index (χ3n) is 7.02. The number of carbonyl (C=O) groups is 3. The average molecular weight is 522 g/mol. The van der Waals surface area contributed by atoms with Gasteiger partial charge in [0, 0.05) is 16.6 Å². The van der Waals surface area contributed by atoms with Crippen molar-refractivity contribution < 1.29 is 14.4 Å². The first kappa shape index (κ1) is 20.6. The van der Waals surface area contributed by atoms with Crippen LogP contribution in [0.25, 0.3) is 0 Å². The molecule has 3 aromatic rings. The summed E-state index contributed by atoms with van der Waals surface area (Å²) in [5, 5.41) is 3.22. The van der Waals surface area contributed by atoms with Gasteiger partial charge in [0.1, 0.15) is 6.54 Å². The molecule has 7 heteroatoms. The highest BCUT2D eigenvalue weighted by molar-refractivity contribution is 9.09. The van der Waals surface area contributed by atoms with E-state index < -0.39 is 22.1 Å². The number of imide groups is 1. The maximum absolute atomic E-state index is 13.7. The Morgan fingerprint density at radius 3 is 2.21 bits per heavy atom. The molecule has 0 spiro atoms. The average Bonchev–Trinajstić information content (AvgIpc) is 3.06. The van der Waals surface area contributed by atoms with Gasteiger partial charge in [0.15, 0.2) is 0 Å². The van der Waals surface area contributed by atoms with E-state index in [0.29, 0.717) is 10.7 Å². The van der Waals surface area contributed by atoms with E-state index in [1.165, 1.54) is 0 Å². The minimum absolute atomic E-state index is 0.223. The highest BCUT2D eigenvalue weighted by atomic mass is 79.9. The molecule has 0 radical (unpaired) electrons. The van der Waals surface area contributed by atoms with Crippen LogP contribution < -0.4 is 5.32 Å². The Labute approximate surface area is 203 Å². The van der Waals surface area contributed by atoms with Crippen LogP contribution in [-0.4, -0.2) is 29.2 Å². The van der Waals surface area contributed by atoms with Gasteiger partial charge in [-0.15, -0.1) is 0 Å². The van der Waals surface area contributed by atoms with Crippen molar-refractivity contribution in [2.24, 2.45) is 11.8 Å². The van der Waals surface area contributed by atoms with Gasteiger partial charge in [-0.05, 0) is 40.5 Å². The first-order chi connectivity index (χ1) is 15.9. The number of benzene rings is 3. The quantitative estimate of drug-likeness (QED) is 0.402. The minimum Gasteiger partial charge on any atom is -0.324 e. The third-order valence-corrected chi connectivity index (χ3v) is 8.60. The molecule has 1 N–H and O–H groups in total. The van der Waals surface area contributed by atoms with Gasteiger partial charge < -0.3 is 5.32 Å². The van der Waals surface area contributed by atoms with Gasteiger partial charge in [-0.1, -0.05) is 82.1 Å². The molecule has 3 aromatic carbocycles. The number of hydrogen-bond acceptors (Lipinski definition) is 3. The molecule has 164 valence electrons. The summed E-state index contributed by atoms with van der Waals surface area (Å²) in [5.41, 5.74) is 4.66. The van der Waals surface area contributed by atoms with Crippen molar-refractivity contribution in [1.29, 1.82) is 0 Å². The third kappa shape index (κ3) is 2.80. The van der Waals surface area contributed by atoms with Gasteiger partial charge in [0.05, 0.1) is 16.2 Å². The second kappa shape index (κ2) is 7.27. The van der Waals surface area contributed by atoms with E-state index in [9.17, 15) is 14.4 Å². The summed E-state index contributed by atoms with van der Waals surface area (Å²) < 4.78 is -0.815. The lowest BCUT2D eigenvalue weighted by molar-refractivity contribution is -0.142. The number of carbonyl (C=O) groups excluding carboxylic acids is 3. The first-order valence-corrected chi connectivity index (χ1v) is 11.9. The van der Waals surface area contributed by atoms with Crippen LogP contribution in [0.4, 0.5) is 5.69 Å². The molecule has 3 aliphatic carbocycles. The topological polar surface area (TPSA) is 66.5 Å². The van der Waals surface area contributed by atoms with Crippen molar-refractivity contribution in [2.75, 3.05) is 11.9 Å². The van der Waals surface area contributed by atoms with E-state index in [-0.39, 0.29) is 24.3 Å². The highest BCUT2D eigenvalue weighted by Gasteiger charge is 2.67. The van der Waals surface area contributed by atoms with Crippen molar-refractivity contribution in [3.05, 3.63) is 100 Å². The van der Waals surface area contributed by atoms with Crippen LogP contribution in [0.2, 0.25) is 5.02 Å². The predicted molar refractivity (Wildman–Crippen MR) is 128 cm³/mol. The zero-order chi connectivity index (χ0) is 22.9. The van der Waals surface area contributed by atoms with Gasteiger partial charge in [-0.3, -0.25) is 19.3 Å². The number of nitrogens with one attached hydrogen (secondary N) is 1. The number of rotatable bonds is 3. The molecule has 0 aromatic heterocycles. The van der Waals surface area contributed by atoms with Crippen molar-refractivity contribution in [2.45, 2.75) is 10.2 Å². The molecule has 0 saturated carbocycles. The molecule has 1 saturated heterocycles. The number of alkyl halides is 1. The summed E-state index contributed by atoms with van der Waals surface area (Å²) in [7, 11) is 0. The number of anilines is 1. The Balaban J connectivity index is 1.39. The van der Waals surface area contributed by atoms with Gasteiger partial charge in [0.25, 0.3) is 0 Å². The zero-order valence-electron chi connectivity index (χ0n) is 17.3. The molecular formula is C26H18BrClN2O3. The second-order valence-corrected chi connectivity index (χ2v) is 10.4. The maximum atomic E-state index is 13.7. The van der Waals surface area contributed by atoms with E-state index in [4.69, 9.17) is 11.6 Å². The van der Waals surface area contributed by atoms with Crippen LogP contribution in [0.1, 0.15) is 28.2 Å². The number of likely N-dealkylation sites (tertiary alicyclic amines) is 1. The van der Waals surface area contributed by atoms with Gasteiger partial charge in [0.2, 0.25) is 17.7 Å². The summed E-state index contributed by atoms with van der Waals surface area (Å²) >= 11 is 9.94. The van der Waals surface area contributed by atoms with Crippen LogP contribution in [0, 0.1) is 11.8 Å². The lowest BCUT2D eigenvalue weighted by atomic mass is 9.55. The standard InChI is InChI=1S/C26H18BrClN2O3/c27-26-18-10-3-1-8-16(18)21(17-9-2-4-11-19(17)26)22-23(26)25(33)30(24(22)32)13-20(31)29-15-7-5-6-14(28)12-15/h1-12,21-23H,13H2,(H,29,31)/t21?,22-,23+,26?/m1/s1. The van der Waals surface area contributed by atoms with Gasteiger partial charge in [-0.2, -0.15) is 0 Å². The molecule has 7 rings (SSSR count). The van der Waals surface area contributed by atoms with Crippen molar-refractivity contribution in [3.8, 4) is 0 Å². The van der Waals surface area contributed by atoms with E-state index >= 15 is 0 Å². The zero-order valence-corrected chi connectivity index (χ0v) is 19.6. The molecule has 2 atom stereocenters. The Morgan fingerprint density at radius 2 is 1.58 bits per heavy atom. The van der Waals surface area contributed by atoms with E-state index in [1.54, 1.807) is 24.3 Å². The summed E-state index contributed by atoms with van der Waals surface area (Å²) in [6.07, 6.45) is 0. The maximum Gasteiger partial charge on any atom is 0.244 e. The fourth-order valence-corrected chi connectivity index (χ4v) is 7.20. The molecule has 0 unspecified atom stereocenters. The molecule has 2 bridgehead atoms. The molecule has 1 fully saturated rings. The molecule has 4 aliphatic rings. The van der Waals surface area contributed by atoms with Crippen LogP contribution in [0.5, 0.6) is 0 Å². The second-order valence-electron chi connectivity index (χ2n) is 8.69. The SMILES string of the molecule is O=C(CN1C(=O)[C@@H]2C3c4ccccc4C(Br)(c4ccccc43)[C@@H]2C1=O)Nc1cccc(Cl)c1. The van der Waals surface area contributed by atoms with Gasteiger partial charge in [-0.25, -0.2) is 0 Å². The monoisotopic (exact) mass is 520 g/mol. The predicted octanol–water partition coefficient (Wildman–Crippen LogP) is 4.68. The fraction of sp³-hybridized carbons (Fsp3) is 0.192. The molecule has 33 heavy (non-hydrogen) atoms. The molecule has 1 aliphatic heterocycles. The van der Waals surface area contributed by atoms with Crippen molar-refractivity contribution in [3.63, 3.8) is 0 Å². The number of amides is 3. The summed E-state index contributed by atoms with van der Waals surface area (Å²) in [6.45, 7) is -0.334. The Kier molecular flexibility index (Phi) is 4.55. The fourth-order valence-electron chi connectivity index (χ4n) is 5.81. The number of hydrogen-bond donors (Lipinski definition) is 1. The summed E-state index contributed by atoms with van der Waals surface area (Å²) in [6, 6.07) is 22.7. The first-order valence-electron chi connectivity index (χ1n) is 10.7. The molecule has 1 heterocycles. The van der Waals surface area contributed by atoms with E-state index in [1.807, 2.05) is 48.5 Å². The smallest absolute Gasteiger partial charge is 0.244 e. The summed E-state index contributed by atoms with van der Waals surface area (Å²) in [4.78, 5) is 41.2. The van der Waals surface area contributed by atoms with Crippen LogP contribution in [0.15, 0.2) is 72.8 Å². The normalized spacial score (nSPS) is 26.6. The molecule has 3 amide bonds. The lowest BCUT2D eigenvalue weighted by Gasteiger charge is -2.51. The number of nitrogens with zero attached hydrogens (tertiary/aromatic N) is 1. The van der Waals surface area contributed by atoms with Crippen molar-refractivity contribution >= 4 is 50.9 Å². The van der Waals surface area contributed by atoms with E-state index in [0.717, 1.165) is 27.2 Å². The Bertz CT molecular complexity index is 1310. The lowest BCUT2D eigenvalue weighted by Crippen LogP contribution is -2.50. The highest BCUT2D eigenvalue weighted by Crippen LogP contribution is 2.66. The van der Waals surface area contributed by atoms with Gasteiger partial charge >= 0.3 is 0 Å². The molecular weight excluding hydrogens is 504 g/mol. The van der Waals surface area contributed by atoms with E-state index in [2.05, 4.69) is 21.2 Å². The molecule has 5 nitrogen and oxygen atoms in total. The largest absolute Gasteiger partial charge is 0.324 e. The minimum atomic E-state index is -0.815. The van der Waals surface area contributed by atoms with Crippen LogP contribution in [-0.2, 0) is 18.7 Å². The Hall–Kier alpha value is -2.96. The Morgan fingerprint density at radius 1 is 0.939 bits per heavy atom. The summed E-state index contributed by atoms with van der Waals surface area (Å²) in [5.74, 6) is -2.46. The van der Waals surface area contributed by atoms with Crippen LogP contribution >= 0.6 is 27.5 Å². The number of halogens is 2.